The van der Waals surface area contributed by atoms with E-state index in [1.807, 2.05) is 6.92 Å². The topological polar surface area (TPSA) is 115 Å². The predicted molar refractivity (Wildman–Crippen MR) is 128 cm³/mol. The minimum atomic E-state index is -1.04. The molecule has 3 aliphatic rings. The molecule has 2 aromatic rings. The summed E-state index contributed by atoms with van der Waals surface area (Å²) in [5.74, 6) is 0.00738. The molecule has 10 nitrogen and oxygen atoms in total. The average Bonchev–Trinajstić information content (AvgIpc) is 3.36. The second kappa shape index (κ2) is 8.90. The van der Waals surface area contributed by atoms with Crippen LogP contribution in [-0.4, -0.2) is 64.0 Å². The molecule has 1 aliphatic heterocycles. The van der Waals surface area contributed by atoms with E-state index in [4.69, 9.17) is 9.47 Å². The highest BCUT2D eigenvalue weighted by Crippen LogP contribution is 2.39. The van der Waals surface area contributed by atoms with E-state index in [2.05, 4.69) is 15.6 Å². The molecule has 0 unspecified atom stereocenters. The van der Waals surface area contributed by atoms with Crippen LogP contribution in [0.15, 0.2) is 24.5 Å². The first-order valence-electron chi connectivity index (χ1n) is 12.1. The quantitative estimate of drug-likeness (QED) is 0.628. The Kier molecular flexibility index (Phi) is 5.90. The van der Waals surface area contributed by atoms with Crippen LogP contribution >= 0.6 is 0 Å². The maximum Gasteiger partial charge on any atom is 0.276 e. The van der Waals surface area contributed by atoms with Crippen LogP contribution in [0.4, 0.5) is 5.69 Å². The van der Waals surface area contributed by atoms with Gasteiger partial charge in [0.1, 0.15) is 22.7 Å². The fourth-order valence-electron chi connectivity index (χ4n) is 5.22. The number of hydrogen-bond acceptors (Lipinski definition) is 6. The Morgan fingerprint density at radius 1 is 1.11 bits per heavy atom. The molecule has 2 heterocycles. The van der Waals surface area contributed by atoms with Crippen molar-refractivity contribution in [2.24, 2.45) is 0 Å². The van der Waals surface area contributed by atoms with Gasteiger partial charge in [0, 0.05) is 18.2 Å². The van der Waals surface area contributed by atoms with Gasteiger partial charge in [-0.15, -0.1) is 0 Å². The summed E-state index contributed by atoms with van der Waals surface area (Å²) in [6, 6.07) is 5.17. The van der Waals surface area contributed by atoms with Gasteiger partial charge in [-0.25, -0.2) is 4.98 Å². The van der Waals surface area contributed by atoms with Gasteiger partial charge >= 0.3 is 0 Å². The predicted octanol–water partition coefficient (Wildman–Crippen LogP) is 2.59. The molecule has 3 amide bonds. The van der Waals surface area contributed by atoms with Crippen molar-refractivity contribution < 1.29 is 23.9 Å². The first-order chi connectivity index (χ1) is 16.9. The fraction of sp³-hybridized carbons (Fsp3) is 0.520. The number of anilines is 1. The summed E-state index contributed by atoms with van der Waals surface area (Å²) in [7, 11) is 3.04. The van der Waals surface area contributed by atoms with Crippen molar-refractivity contribution >= 4 is 23.4 Å². The van der Waals surface area contributed by atoms with Crippen LogP contribution in [0.1, 0.15) is 66.4 Å². The molecule has 2 saturated carbocycles. The minimum absolute atomic E-state index is 0.0110. The van der Waals surface area contributed by atoms with Gasteiger partial charge in [-0.2, -0.15) is 0 Å². The lowest BCUT2D eigenvalue weighted by atomic mass is 9.93. The highest BCUT2D eigenvalue weighted by Gasteiger charge is 2.54. The van der Waals surface area contributed by atoms with E-state index in [1.54, 1.807) is 34.8 Å². The van der Waals surface area contributed by atoms with Gasteiger partial charge in [0.2, 0.25) is 5.91 Å². The van der Waals surface area contributed by atoms with Crippen LogP contribution in [0.3, 0.4) is 0 Å². The highest BCUT2D eigenvalue weighted by atomic mass is 16.5. The number of hydrogen-bond donors (Lipinski definition) is 2. The van der Waals surface area contributed by atoms with Crippen molar-refractivity contribution in [3.63, 3.8) is 0 Å². The third kappa shape index (κ3) is 4.11. The Bertz CT molecular complexity index is 1170. The Morgan fingerprint density at radius 2 is 1.86 bits per heavy atom. The van der Waals surface area contributed by atoms with Gasteiger partial charge in [0.05, 0.1) is 32.8 Å². The average molecular weight is 482 g/mol. The number of amides is 3. The number of imidazole rings is 1. The summed E-state index contributed by atoms with van der Waals surface area (Å²) in [4.78, 5) is 46.4. The van der Waals surface area contributed by atoms with Crippen molar-refractivity contribution in [3.8, 4) is 11.5 Å². The van der Waals surface area contributed by atoms with Crippen LogP contribution in [0.2, 0.25) is 0 Å². The molecule has 186 valence electrons. The number of carbonyl (C=O) groups excluding carboxylic acids is 3. The number of carbonyl (C=O) groups is 3. The highest BCUT2D eigenvalue weighted by molar-refractivity contribution is 6.12. The number of fused-ring (bicyclic) bond motifs is 1. The first-order valence-corrected chi connectivity index (χ1v) is 12.1. The van der Waals surface area contributed by atoms with Crippen LogP contribution in [0.5, 0.6) is 11.5 Å². The second-order valence-electron chi connectivity index (χ2n) is 9.73. The van der Waals surface area contributed by atoms with Gasteiger partial charge in [0.25, 0.3) is 11.8 Å². The van der Waals surface area contributed by atoms with Crippen LogP contribution < -0.4 is 20.1 Å². The lowest BCUT2D eigenvalue weighted by molar-refractivity contribution is -0.134. The van der Waals surface area contributed by atoms with Crippen molar-refractivity contribution in [2.45, 2.75) is 69.6 Å². The van der Waals surface area contributed by atoms with Crippen LogP contribution in [0.25, 0.3) is 0 Å². The molecule has 1 atom stereocenters. The summed E-state index contributed by atoms with van der Waals surface area (Å²) in [5.41, 5.74) is -0.380. The fourth-order valence-corrected chi connectivity index (χ4v) is 5.22. The Balaban J connectivity index is 1.43. The maximum atomic E-state index is 13.8. The molecule has 35 heavy (non-hydrogen) atoms. The lowest BCUT2D eigenvalue weighted by Crippen LogP contribution is -2.65. The molecule has 1 aromatic heterocycles. The van der Waals surface area contributed by atoms with E-state index in [0.717, 1.165) is 38.5 Å². The number of nitrogens with zero attached hydrogens (tertiary/aromatic N) is 3. The Hall–Kier alpha value is -3.56. The largest absolute Gasteiger partial charge is 0.497 e. The molecule has 0 spiro atoms. The Morgan fingerprint density at radius 3 is 2.51 bits per heavy atom. The third-order valence-corrected chi connectivity index (χ3v) is 7.23. The standard InChI is InChI=1S/C25H31N5O5/c1-25(24(33)27-15-6-4-5-7-15)13-29-14-26-20(21(29)23(32)30(25)16-8-9-16)22(31)28-18-11-10-17(34-2)12-19(18)35-3/h10-12,14-16H,4-9,13H2,1-3H3,(H,27,33)(H,28,31)/t25-/m1/s1. The zero-order chi connectivity index (χ0) is 24.7. The smallest absolute Gasteiger partial charge is 0.276 e. The van der Waals surface area contributed by atoms with Crippen molar-refractivity contribution in [2.75, 3.05) is 19.5 Å². The van der Waals surface area contributed by atoms with Gasteiger partial charge < -0.3 is 29.6 Å². The molecule has 5 rings (SSSR count). The number of rotatable bonds is 7. The summed E-state index contributed by atoms with van der Waals surface area (Å²) in [5, 5.41) is 5.96. The molecule has 0 radical (unpaired) electrons. The molecule has 2 aliphatic carbocycles. The molecule has 2 N–H and O–H groups in total. The summed E-state index contributed by atoms with van der Waals surface area (Å²) in [6.45, 7) is 2.06. The minimum Gasteiger partial charge on any atom is -0.497 e. The van der Waals surface area contributed by atoms with E-state index >= 15 is 0 Å². The Labute approximate surface area is 204 Å². The summed E-state index contributed by atoms with van der Waals surface area (Å²) >= 11 is 0. The third-order valence-electron chi connectivity index (χ3n) is 7.23. The zero-order valence-corrected chi connectivity index (χ0v) is 20.3. The van der Waals surface area contributed by atoms with E-state index in [1.165, 1.54) is 13.4 Å². The molecule has 2 fully saturated rings. The molecular formula is C25H31N5O5. The summed E-state index contributed by atoms with van der Waals surface area (Å²) < 4.78 is 12.2. The number of ether oxygens (including phenoxy) is 2. The number of benzene rings is 1. The van der Waals surface area contributed by atoms with Crippen LogP contribution in [0, 0.1) is 0 Å². The monoisotopic (exact) mass is 481 g/mol. The normalized spacial score (nSPS) is 22.0. The molecule has 10 heteroatoms. The summed E-state index contributed by atoms with van der Waals surface area (Å²) in [6.07, 6.45) is 7.31. The molecule has 0 bridgehead atoms. The van der Waals surface area contributed by atoms with Crippen LogP contribution in [-0.2, 0) is 11.3 Å². The maximum absolute atomic E-state index is 13.8. The van der Waals surface area contributed by atoms with Gasteiger partial charge in [-0.05, 0) is 44.7 Å². The number of aromatic nitrogens is 2. The number of methoxy groups -OCH3 is 2. The van der Waals surface area contributed by atoms with Crippen molar-refractivity contribution in [3.05, 3.63) is 35.9 Å². The molecular weight excluding hydrogens is 450 g/mol. The molecule has 0 saturated heterocycles. The number of nitrogens with one attached hydrogen (secondary N) is 2. The zero-order valence-electron chi connectivity index (χ0n) is 20.3. The molecule has 1 aromatic carbocycles. The van der Waals surface area contributed by atoms with Crippen molar-refractivity contribution in [1.82, 2.24) is 19.8 Å². The van der Waals surface area contributed by atoms with Crippen molar-refractivity contribution in [1.29, 1.82) is 0 Å². The van der Waals surface area contributed by atoms with E-state index in [9.17, 15) is 14.4 Å². The first kappa shape index (κ1) is 23.2. The van der Waals surface area contributed by atoms with Gasteiger partial charge in [-0.3, -0.25) is 14.4 Å². The second-order valence-corrected chi connectivity index (χ2v) is 9.73. The van der Waals surface area contributed by atoms with E-state index in [-0.39, 0.29) is 41.8 Å². The lowest BCUT2D eigenvalue weighted by Gasteiger charge is -2.44. The van der Waals surface area contributed by atoms with E-state index < -0.39 is 11.4 Å². The SMILES string of the molecule is COc1ccc(NC(=O)c2ncn3c2C(=O)N(C2CC2)[C@@](C)(C(=O)NC2CCCC2)C3)c(OC)c1. The van der Waals surface area contributed by atoms with E-state index in [0.29, 0.717) is 17.2 Å². The van der Waals surface area contributed by atoms with Gasteiger partial charge in [0.15, 0.2) is 5.69 Å². The van der Waals surface area contributed by atoms with Gasteiger partial charge in [-0.1, -0.05) is 12.8 Å².